The average molecular weight is 423 g/mol. The van der Waals surface area contributed by atoms with Crippen LogP contribution in [0.25, 0.3) is 0 Å². The predicted molar refractivity (Wildman–Crippen MR) is 101 cm³/mol. The Labute approximate surface area is 151 Å². The van der Waals surface area contributed by atoms with Gasteiger partial charge in [0.25, 0.3) is 0 Å². The van der Waals surface area contributed by atoms with E-state index in [1.165, 1.54) is 12.8 Å². The van der Waals surface area contributed by atoms with Crippen molar-refractivity contribution in [2.75, 3.05) is 39.8 Å². The molecule has 0 bridgehead atoms. The lowest BCUT2D eigenvalue weighted by Gasteiger charge is -2.36. The fourth-order valence-electron chi connectivity index (χ4n) is 2.58. The van der Waals surface area contributed by atoms with Crippen molar-refractivity contribution in [3.05, 3.63) is 0 Å². The molecule has 1 heterocycles. The van der Waals surface area contributed by atoms with Crippen LogP contribution in [0.2, 0.25) is 0 Å². The number of nitrogens with one attached hydrogen (secondary N) is 2. The van der Waals surface area contributed by atoms with Crippen LogP contribution in [0.3, 0.4) is 0 Å². The molecule has 2 fully saturated rings. The first-order valence-corrected chi connectivity index (χ1v) is 7.91. The van der Waals surface area contributed by atoms with E-state index in [9.17, 15) is 4.79 Å². The van der Waals surface area contributed by atoms with Gasteiger partial charge >= 0.3 is 0 Å². The summed E-state index contributed by atoms with van der Waals surface area (Å²) in [7, 11) is 1.78. The van der Waals surface area contributed by atoms with E-state index in [2.05, 4.69) is 41.3 Å². The van der Waals surface area contributed by atoms with E-state index in [1.54, 1.807) is 7.05 Å². The predicted octanol–water partition coefficient (Wildman–Crippen LogP) is 0.874. The summed E-state index contributed by atoms with van der Waals surface area (Å²) in [6.07, 6.45) is 2.36. The standard InChI is InChI=1S/C15H29N5O.HI/c1-15(2,3)18-8-7-17-14(16-4)19-9-10-20(12-5-6-12)13(21)11-19;/h12,18H,5-11H2,1-4H3,(H,16,17);1H. The molecule has 0 aromatic rings. The topological polar surface area (TPSA) is 60.0 Å². The molecule has 1 amide bonds. The van der Waals surface area contributed by atoms with E-state index in [0.717, 1.165) is 32.1 Å². The number of carbonyl (C=O) groups is 1. The Morgan fingerprint density at radius 2 is 1.95 bits per heavy atom. The monoisotopic (exact) mass is 423 g/mol. The molecule has 6 nitrogen and oxygen atoms in total. The molecule has 0 aromatic carbocycles. The van der Waals surface area contributed by atoms with E-state index in [-0.39, 0.29) is 35.4 Å². The average Bonchev–Trinajstić information content (AvgIpc) is 3.22. The second-order valence-electron chi connectivity index (χ2n) is 6.89. The fourth-order valence-corrected chi connectivity index (χ4v) is 2.58. The highest BCUT2D eigenvalue weighted by atomic mass is 127. The first-order chi connectivity index (χ1) is 9.90. The van der Waals surface area contributed by atoms with Crippen LogP contribution in [0.4, 0.5) is 0 Å². The molecule has 2 rings (SSSR count). The summed E-state index contributed by atoms with van der Waals surface area (Å²) in [6, 6.07) is 0.519. The van der Waals surface area contributed by atoms with Crippen LogP contribution in [0.1, 0.15) is 33.6 Å². The van der Waals surface area contributed by atoms with Gasteiger partial charge in [-0.25, -0.2) is 0 Å². The smallest absolute Gasteiger partial charge is 0.242 e. The zero-order valence-corrected chi connectivity index (χ0v) is 16.5. The first kappa shape index (κ1) is 19.5. The van der Waals surface area contributed by atoms with Crippen molar-refractivity contribution < 1.29 is 4.79 Å². The number of guanidine groups is 1. The second kappa shape index (κ2) is 8.33. The van der Waals surface area contributed by atoms with Crippen molar-refractivity contribution in [2.45, 2.75) is 45.2 Å². The van der Waals surface area contributed by atoms with Crippen molar-refractivity contribution in [1.29, 1.82) is 0 Å². The number of rotatable bonds is 4. The molecule has 2 aliphatic rings. The number of aliphatic imine (C=N–C) groups is 1. The molecule has 0 unspecified atom stereocenters. The SMILES string of the molecule is CN=C(NCCNC(C)(C)C)N1CCN(C2CC2)C(=O)C1.I. The van der Waals surface area contributed by atoms with E-state index in [1.807, 2.05) is 4.90 Å². The lowest BCUT2D eigenvalue weighted by molar-refractivity contribution is -0.135. The van der Waals surface area contributed by atoms with Crippen molar-refractivity contribution >= 4 is 35.8 Å². The summed E-state index contributed by atoms with van der Waals surface area (Å²) < 4.78 is 0. The van der Waals surface area contributed by atoms with Crippen LogP contribution < -0.4 is 10.6 Å². The first-order valence-electron chi connectivity index (χ1n) is 7.91. The fraction of sp³-hybridized carbons (Fsp3) is 0.867. The second-order valence-corrected chi connectivity index (χ2v) is 6.89. The van der Waals surface area contributed by atoms with Crippen LogP contribution >= 0.6 is 24.0 Å². The minimum Gasteiger partial charge on any atom is -0.355 e. The van der Waals surface area contributed by atoms with Gasteiger partial charge in [-0.2, -0.15) is 0 Å². The zero-order valence-electron chi connectivity index (χ0n) is 14.2. The Kier molecular flexibility index (Phi) is 7.37. The number of hydrogen-bond acceptors (Lipinski definition) is 3. The van der Waals surface area contributed by atoms with Gasteiger partial charge in [-0.1, -0.05) is 0 Å². The van der Waals surface area contributed by atoms with E-state index in [0.29, 0.717) is 12.6 Å². The molecular formula is C15H30IN5O. The number of piperazine rings is 1. The van der Waals surface area contributed by atoms with Gasteiger partial charge in [0.2, 0.25) is 5.91 Å². The maximum atomic E-state index is 12.2. The molecule has 0 radical (unpaired) electrons. The summed E-state index contributed by atoms with van der Waals surface area (Å²) in [5, 5.41) is 6.77. The quantitative estimate of drug-likeness (QED) is 0.305. The third-order valence-corrected chi connectivity index (χ3v) is 3.82. The van der Waals surface area contributed by atoms with E-state index < -0.39 is 0 Å². The van der Waals surface area contributed by atoms with Gasteiger partial charge < -0.3 is 20.4 Å². The molecule has 1 saturated heterocycles. The molecule has 0 atom stereocenters. The largest absolute Gasteiger partial charge is 0.355 e. The molecule has 1 saturated carbocycles. The molecule has 7 heteroatoms. The molecule has 22 heavy (non-hydrogen) atoms. The van der Waals surface area contributed by atoms with Gasteiger partial charge in [0.1, 0.15) is 0 Å². The van der Waals surface area contributed by atoms with Crippen LogP contribution in [-0.2, 0) is 4.79 Å². The highest BCUT2D eigenvalue weighted by Crippen LogP contribution is 2.27. The number of halogens is 1. The molecule has 1 aliphatic heterocycles. The maximum Gasteiger partial charge on any atom is 0.242 e. The Morgan fingerprint density at radius 3 is 2.45 bits per heavy atom. The molecule has 2 N–H and O–H groups in total. The van der Waals surface area contributed by atoms with Crippen molar-refractivity contribution in [3.8, 4) is 0 Å². The Bertz CT molecular complexity index is 403. The molecule has 128 valence electrons. The van der Waals surface area contributed by atoms with Crippen LogP contribution in [-0.4, -0.2) is 73.0 Å². The number of amides is 1. The Balaban J connectivity index is 0.00000242. The minimum atomic E-state index is 0. The van der Waals surface area contributed by atoms with Gasteiger partial charge in [0.15, 0.2) is 5.96 Å². The summed E-state index contributed by atoms with van der Waals surface area (Å²) in [4.78, 5) is 20.5. The van der Waals surface area contributed by atoms with E-state index in [4.69, 9.17) is 0 Å². The lowest BCUT2D eigenvalue weighted by Crippen LogP contribution is -2.56. The highest BCUT2D eigenvalue weighted by molar-refractivity contribution is 14.0. The van der Waals surface area contributed by atoms with Gasteiger partial charge in [-0.3, -0.25) is 9.79 Å². The van der Waals surface area contributed by atoms with E-state index >= 15 is 0 Å². The Hall–Kier alpha value is -0.570. The minimum absolute atomic E-state index is 0. The molecule has 0 aromatic heterocycles. The normalized spacial score (nSPS) is 20.0. The lowest BCUT2D eigenvalue weighted by atomic mass is 10.1. The number of hydrogen-bond donors (Lipinski definition) is 2. The van der Waals surface area contributed by atoms with Crippen molar-refractivity contribution in [2.24, 2.45) is 4.99 Å². The van der Waals surface area contributed by atoms with Gasteiger partial charge in [-0.05, 0) is 33.6 Å². The number of nitrogens with zero attached hydrogens (tertiary/aromatic N) is 3. The maximum absolute atomic E-state index is 12.2. The van der Waals surface area contributed by atoms with Crippen LogP contribution in [0.15, 0.2) is 4.99 Å². The summed E-state index contributed by atoms with van der Waals surface area (Å²) in [5.74, 6) is 1.06. The Morgan fingerprint density at radius 1 is 1.27 bits per heavy atom. The van der Waals surface area contributed by atoms with Crippen LogP contribution in [0.5, 0.6) is 0 Å². The van der Waals surface area contributed by atoms with Gasteiger partial charge in [0.05, 0.1) is 6.54 Å². The molecular weight excluding hydrogens is 393 g/mol. The molecule has 0 spiro atoms. The summed E-state index contributed by atoms with van der Waals surface area (Å²) in [6.45, 7) is 10.3. The van der Waals surface area contributed by atoms with Crippen LogP contribution in [0, 0.1) is 0 Å². The van der Waals surface area contributed by atoms with Crippen molar-refractivity contribution in [3.63, 3.8) is 0 Å². The number of carbonyl (C=O) groups excluding carboxylic acids is 1. The van der Waals surface area contributed by atoms with Gasteiger partial charge in [-0.15, -0.1) is 24.0 Å². The summed E-state index contributed by atoms with van der Waals surface area (Å²) in [5.41, 5.74) is 0.122. The zero-order chi connectivity index (χ0) is 15.5. The van der Waals surface area contributed by atoms with Gasteiger partial charge in [0, 0.05) is 44.8 Å². The highest BCUT2D eigenvalue weighted by Gasteiger charge is 2.36. The third-order valence-electron chi connectivity index (χ3n) is 3.82. The molecule has 1 aliphatic carbocycles. The van der Waals surface area contributed by atoms with Crippen molar-refractivity contribution in [1.82, 2.24) is 20.4 Å². The third kappa shape index (κ3) is 5.91. The summed E-state index contributed by atoms with van der Waals surface area (Å²) >= 11 is 0.